The Morgan fingerprint density at radius 2 is 1.84 bits per heavy atom. The number of aryl methyl sites for hydroxylation is 1. The van der Waals surface area contributed by atoms with E-state index in [1.807, 2.05) is 19.9 Å². The van der Waals surface area contributed by atoms with Crippen LogP contribution in [0.2, 0.25) is 0 Å². The standard InChI is InChI=1S/C20H28N4O2.C4H8O2/c1-11-6-15(8-13(3)21)23-17(11)10-18-12(2)7-19(24-18)16(14(4)22)9-20(25)26-5;1-3-4(5)6-2/h6,8,10,12,23H,7,9,21-22H2,1-5H3;3H2,1-2H3/b13-8-,16-14-,18-10-;. The van der Waals surface area contributed by atoms with Crippen LogP contribution < -0.4 is 11.5 Å². The number of aliphatic imine (C=N–C) groups is 1. The van der Waals surface area contributed by atoms with Gasteiger partial charge in [0.15, 0.2) is 0 Å². The smallest absolute Gasteiger partial charge is 0.310 e. The van der Waals surface area contributed by atoms with E-state index in [0.29, 0.717) is 12.1 Å². The highest BCUT2D eigenvalue weighted by atomic mass is 16.5. The van der Waals surface area contributed by atoms with Crippen LogP contribution in [0.1, 0.15) is 63.9 Å². The molecule has 0 aliphatic carbocycles. The Kier molecular flexibility index (Phi) is 10.5. The summed E-state index contributed by atoms with van der Waals surface area (Å²) in [5, 5.41) is 0. The summed E-state index contributed by atoms with van der Waals surface area (Å²) in [6.07, 6.45) is 5.32. The molecule has 2 heterocycles. The van der Waals surface area contributed by atoms with E-state index in [4.69, 9.17) is 21.2 Å². The minimum absolute atomic E-state index is 0.143. The molecule has 0 amide bonds. The molecule has 8 nitrogen and oxygen atoms in total. The monoisotopic (exact) mass is 444 g/mol. The van der Waals surface area contributed by atoms with Crippen molar-refractivity contribution in [1.29, 1.82) is 0 Å². The predicted molar refractivity (Wildman–Crippen MR) is 128 cm³/mol. The Hall–Kier alpha value is -3.29. The van der Waals surface area contributed by atoms with E-state index >= 15 is 0 Å². The second kappa shape index (κ2) is 12.5. The van der Waals surface area contributed by atoms with Gasteiger partial charge < -0.3 is 25.9 Å². The van der Waals surface area contributed by atoms with Gasteiger partial charge in [0, 0.05) is 52.1 Å². The Labute approximate surface area is 190 Å². The Morgan fingerprint density at radius 1 is 1.22 bits per heavy atom. The molecular weight excluding hydrogens is 408 g/mol. The van der Waals surface area contributed by atoms with Gasteiger partial charge in [-0.05, 0) is 51.0 Å². The topological polar surface area (TPSA) is 133 Å². The first kappa shape index (κ1) is 26.7. The van der Waals surface area contributed by atoms with Crippen LogP contribution >= 0.6 is 0 Å². The first-order valence-corrected chi connectivity index (χ1v) is 10.5. The summed E-state index contributed by atoms with van der Waals surface area (Å²) in [7, 11) is 2.76. The summed E-state index contributed by atoms with van der Waals surface area (Å²) in [6.45, 7) is 9.56. The highest BCUT2D eigenvalue weighted by Gasteiger charge is 2.25. The molecule has 0 spiro atoms. The number of nitrogens with one attached hydrogen (secondary N) is 1. The lowest BCUT2D eigenvalue weighted by Crippen LogP contribution is -2.13. The molecule has 1 aliphatic rings. The molecule has 0 bridgehead atoms. The zero-order valence-corrected chi connectivity index (χ0v) is 20.2. The maximum Gasteiger partial charge on any atom is 0.310 e. The molecule has 1 atom stereocenters. The van der Waals surface area contributed by atoms with E-state index in [-0.39, 0.29) is 24.3 Å². The van der Waals surface area contributed by atoms with Gasteiger partial charge in [-0.15, -0.1) is 0 Å². The van der Waals surface area contributed by atoms with Gasteiger partial charge in [0.1, 0.15) is 0 Å². The first-order chi connectivity index (χ1) is 15.0. The van der Waals surface area contributed by atoms with Crippen LogP contribution in [-0.2, 0) is 19.1 Å². The molecule has 32 heavy (non-hydrogen) atoms. The number of ether oxygens (including phenoxy) is 2. The SMILES string of the molecule is CCC(=O)OC.COC(=O)C/C(C1=N/C(=C\c2[nH]c(/C=C(/C)N)cc2C)C(C)C1)=C(\C)N. The lowest BCUT2D eigenvalue weighted by atomic mass is 9.97. The summed E-state index contributed by atoms with van der Waals surface area (Å²) in [5.41, 5.74) is 18.8. The lowest BCUT2D eigenvalue weighted by Gasteiger charge is -2.08. The van der Waals surface area contributed by atoms with Crippen molar-refractivity contribution >= 4 is 29.8 Å². The highest BCUT2D eigenvalue weighted by molar-refractivity contribution is 6.06. The molecule has 176 valence electrons. The summed E-state index contributed by atoms with van der Waals surface area (Å²) in [5.74, 6) is -0.226. The van der Waals surface area contributed by atoms with E-state index in [0.717, 1.165) is 46.1 Å². The number of carbonyl (C=O) groups excluding carboxylic acids is 2. The van der Waals surface area contributed by atoms with Crippen LogP contribution in [-0.4, -0.2) is 36.9 Å². The normalized spacial score (nSPS) is 17.8. The highest BCUT2D eigenvalue weighted by Crippen LogP contribution is 2.31. The average Bonchev–Trinajstić information content (AvgIpc) is 3.26. The molecule has 1 aromatic rings. The van der Waals surface area contributed by atoms with Gasteiger partial charge in [-0.1, -0.05) is 13.8 Å². The van der Waals surface area contributed by atoms with Gasteiger partial charge >= 0.3 is 11.9 Å². The maximum atomic E-state index is 11.7. The van der Waals surface area contributed by atoms with Crippen molar-refractivity contribution in [2.75, 3.05) is 14.2 Å². The summed E-state index contributed by atoms with van der Waals surface area (Å²) in [6, 6.07) is 2.06. The lowest BCUT2D eigenvalue weighted by molar-refractivity contribution is -0.140. The second-order valence-electron chi connectivity index (χ2n) is 7.79. The van der Waals surface area contributed by atoms with Gasteiger partial charge in [0.2, 0.25) is 0 Å². The van der Waals surface area contributed by atoms with Crippen molar-refractivity contribution in [3.63, 3.8) is 0 Å². The van der Waals surface area contributed by atoms with Crippen molar-refractivity contribution in [2.45, 2.75) is 53.9 Å². The summed E-state index contributed by atoms with van der Waals surface area (Å²) < 4.78 is 9.03. The number of esters is 2. The van der Waals surface area contributed by atoms with Crippen molar-refractivity contribution in [1.82, 2.24) is 4.98 Å². The van der Waals surface area contributed by atoms with E-state index < -0.39 is 0 Å². The Bertz CT molecular complexity index is 937. The van der Waals surface area contributed by atoms with Gasteiger partial charge in [-0.25, -0.2) is 0 Å². The average molecular weight is 445 g/mol. The minimum Gasteiger partial charge on any atom is -0.469 e. The maximum absolute atomic E-state index is 11.7. The van der Waals surface area contributed by atoms with Gasteiger partial charge in [0.25, 0.3) is 0 Å². The fourth-order valence-electron chi connectivity index (χ4n) is 3.12. The largest absolute Gasteiger partial charge is 0.469 e. The Morgan fingerprint density at radius 3 is 2.31 bits per heavy atom. The molecule has 1 unspecified atom stereocenters. The van der Waals surface area contributed by atoms with E-state index in [1.165, 1.54) is 14.2 Å². The molecule has 1 aromatic heterocycles. The van der Waals surface area contributed by atoms with Crippen molar-refractivity contribution in [3.05, 3.63) is 45.7 Å². The molecule has 0 fully saturated rings. The number of nitrogens with zero attached hydrogens (tertiary/aromatic N) is 1. The minimum atomic E-state index is -0.314. The quantitative estimate of drug-likeness (QED) is 0.571. The molecular formula is C24H36N4O4. The zero-order valence-electron chi connectivity index (χ0n) is 20.2. The van der Waals surface area contributed by atoms with Crippen LogP contribution in [0.15, 0.2) is 33.7 Å². The third-order valence-electron chi connectivity index (χ3n) is 4.91. The molecule has 1 aliphatic heterocycles. The number of hydrogen-bond acceptors (Lipinski definition) is 7. The van der Waals surface area contributed by atoms with Crippen molar-refractivity contribution in [2.24, 2.45) is 22.4 Å². The fraction of sp³-hybridized carbons (Fsp3) is 0.458. The van der Waals surface area contributed by atoms with Crippen LogP contribution in [0.25, 0.3) is 12.2 Å². The van der Waals surface area contributed by atoms with E-state index in [9.17, 15) is 9.59 Å². The first-order valence-electron chi connectivity index (χ1n) is 10.5. The van der Waals surface area contributed by atoms with Crippen LogP contribution in [0, 0.1) is 12.8 Å². The number of aromatic amines is 1. The number of rotatable bonds is 6. The zero-order chi connectivity index (χ0) is 24.4. The third kappa shape index (κ3) is 8.09. The van der Waals surface area contributed by atoms with Gasteiger partial charge in [-0.2, -0.15) is 0 Å². The summed E-state index contributed by atoms with van der Waals surface area (Å²) in [4.78, 5) is 29.7. The van der Waals surface area contributed by atoms with E-state index in [2.05, 4.69) is 28.8 Å². The van der Waals surface area contributed by atoms with Gasteiger partial charge in [-0.3, -0.25) is 14.6 Å². The van der Waals surface area contributed by atoms with Crippen LogP contribution in [0.5, 0.6) is 0 Å². The Balaban J connectivity index is 0.000000751. The van der Waals surface area contributed by atoms with Crippen molar-refractivity contribution in [3.8, 4) is 0 Å². The van der Waals surface area contributed by atoms with Gasteiger partial charge in [0.05, 0.1) is 20.6 Å². The fourth-order valence-corrected chi connectivity index (χ4v) is 3.12. The molecule has 8 heteroatoms. The molecule has 0 aromatic carbocycles. The predicted octanol–water partition coefficient (Wildman–Crippen LogP) is 3.83. The number of allylic oxidation sites excluding steroid dienone is 3. The second-order valence-corrected chi connectivity index (χ2v) is 7.79. The number of nitrogens with two attached hydrogens (primary N) is 2. The van der Waals surface area contributed by atoms with Crippen LogP contribution in [0.4, 0.5) is 0 Å². The van der Waals surface area contributed by atoms with Crippen LogP contribution in [0.3, 0.4) is 0 Å². The van der Waals surface area contributed by atoms with Crippen molar-refractivity contribution < 1.29 is 19.1 Å². The molecule has 5 N–H and O–H groups in total. The number of carbonyl (C=O) groups is 2. The number of hydrogen-bond donors (Lipinski definition) is 3. The summed E-state index contributed by atoms with van der Waals surface area (Å²) >= 11 is 0. The number of aromatic nitrogens is 1. The molecule has 0 saturated carbocycles. The van der Waals surface area contributed by atoms with E-state index in [1.54, 1.807) is 13.8 Å². The molecule has 2 rings (SSSR count). The number of H-pyrrole nitrogens is 1. The molecule has 0 radical (unpaired) electrons. The third-order valence-corrected chi connectivity index (χ3v) is 4.91. The molecule has 0 saturated heterocycles. The number of methoxy groups -OCH3 is 2.